The third kappa shape index (κ3) is 1.31. The van der Waals surface area contributed by atoms with E-state index in [1.165, 1.54) is 0 Å². The Kier molecular flexibility index (Phi) is 2.00. The van der Waals surface area contributed by atoms with Crippen LogP contribution in [0.25, 0.3) is 0 Å². The zero-order valence-corrected chi connectivity index (χ0v) is 8.41. The van der Waals surface area contributed by atoms with E-state index in [4.69, 9.17) is 5.11 Å². The summed E-state index contributed by atoms with van der Waals surface area (Å²) in [5.74, 6) is -0.848. The van der Waals surface area contributed by atoms with E-state index in [1.807, 2.05) is 9.99 Å². The zero-order valence-electron chi connectivity index (χ0n) is 6.83. The molecule has 68 valence electrons. The van der Waals surface area contributed by atoms with Crippen molar-refractivity contribution in [3.63, 3.8) is 0 Å². The molecule has 0 spiro atoms. The molecule has 0 saturated carbocycles. The number of carbonyl (C=O) groups is 1. The first-order chi connectivity index (χ1) is 6.20. The van der Waals surface area contributed by atoms with Gasteiger partial charge < -0.3 is 9.03 Å². The highest BCUT2D eigenvalue weighted by atomic mass is 79.9. The monoisotopic (exact) mass is 241 g/mol. The number of nitrogens with zero attached hydrogens (tertiary/aromatic N) is 1. The molecule has 13 heavy (non-hydrogen) atoms. The normalized spacial score (nSPS) is 14.4. The molecule has 1 aromatic rings. The number of halogens is 1. The quantitative estimate of drug-likeness (QED) is 0.766. The molecule has 1 aliphatic rings. The van der Waals surface area contributed by atoms with Crippen molar-refractivity contribution in [1.29, 1.82) is 0 Å². The molecule has 0 bridgehead atoms. The maximum absolute atomic E-state index is 10.8. The van der Waals surface area contributed by atoms with Gasteiger partial charge in [0.25, 0.3) is 0 Å². The summed E-state index contributed by atoms with van der Waals surface area (Å²) in [6, 6.07) is 5.33. The first-order valence-electron chi connectivity index (χ1n) is 3.98. The van der Waals surface area contributed by atoms with E-state index in [9.17, 15) is 4.79 Å². The Balaban J connectivity index is 2.57. The summed E-state index contributed by atoms with van der Waals surface area (Å²) in [6.07, 6.45) is 0.795. The topological polar surface area (TPSA) is 40.5 Å². The average molecular weight is 242 g/mol. The van der Waals surface area contributed by atoms with Gasteiger partial charge in [-0.05, 0) is 24.1 Å². The fourth-order valence-electron chi connectivity index (χ4n) is 1.60. The average Bonchev–Trinajstić information content (AvgIpc) is 2.48. The Hall–Kier alpha value is -1.03. The molecule has 0 aliphatic carbocycles. The van der Waals surface area contributed by atoms with Crippen molar-refractivity contribution < 1.29 is 9.90 Å². The molecule has 0 unspecified atom stereocenters. The Morgan fingerprint density at radius 1 is 1.54 bits per heavy atom. The number of hydrogen-bond acceptors (Lipinski definition) is 2. The molecule has 0 fully saturated rings. The molecule has 0 atom stereocenters. The number of benzene rings is 1. The van der Waals surface area contributed by atoms with E-state index in [0.717, 1.165) is 24.2 Å². The van der Waals surface area contributed by atoms with Gasteiger partial charge >= 0.3 is 5.97 Å². The van der Waals surface area contributed by atoms with Crippen LogP contribution in [-0.4, -0.2) is 17.6 Å². The molecular formula is C9H8BrNO2. The maximum Gasteiger partial charge on any atom is 0.336 e. The fourth-order valence-corrected chi connectivity index (χ4v) is 2.11. The van der Waals surface area contributed by atoms with Crippen LogP contribution in [0.15, 0.2) is 18.2 Å². The summed E-state index contributed by atoms with van der Waals surface area (Å²) in [7, 11) is 0. The highest BCUT2D eigenvalue weighted by Gasteiger charge is 2.22. The van der Waals surface area contributed by atoms with Crippen LogP contribution in [-0.2, 0) is 6.42 Å². The fraction of sp³-hybridized carbons (Fsp3) is 0.222. The summed E-state index contributed by atoms with van der Waals surface area (Å²) in [5, 5.41) is 8.90. The lowest BCUT2D eigenvalue weighted by Gasteiger charge is -2.08. The summed E-state index contributed by atoms with van der Waals surface area (Å²) in [6.45, 7) is 0.833. The van der Waals surface area contributed by atoms with Crippen LogP contribution in [0.3, 0.4) is 0 Å². The molecule has 0 amide bonds. The Morgan fingerprint density at radius 3 is 3.00 bits per heavy atom. The minimum Gasteiger partial charge on any atom is -0.478 e. The van der Waals surface area contributed by atoms with Crippen molar-refractivity contribution >= 4 is 27.8 Å². The minimum atomic E-state index is -0.848. The summed E-state index contributed by atoms with van der Waals surface area (Å²) in [4.78, 5) is 10.8. The van der Waals surface area contributed by atoms with Crippen molar-refractivity contribution in [2.45, 2.75) is 6.42 Å². The van der Waals surface area contributed by atoms with Crippen LogP contribution >= 0.6 is 16.1 Å². The zero-order chi connectivity index (χ0) is 9.42. The predicted molar refractivity (Wildman–Crippen MR) is 53.4 cm³/mol. The predicted octanol–water partition coefficient (Wildman–Crippen LogP) is 2.06. The van der Waals surface area contributed by atoms with Crippen LogP contribution in [0.4, 0.5) is 5.69 Å². The number of hydrogen-bond donors (Lipinski definition) is 1. The largest absolute Gasteiger partial charge is 0.478 e. The lowest BCUT2D eigenvalue weighted by Crippen LogP contribution is -2.03. The van der Waals surface area contributed by atoms with Crippen molar-refractivity contribution in [3.8, 4) is 0 Å². The van der Waals surface area contributed by atoms with Gasteiger partial charge in [0.1, 0.15) is 0 Å². The maximum atomic E-state index is 10.8. The molecule has 1 aromatic carbocycles. The molecule has 1 aliphatic heterocycles. The van der Waals surface area contributed by atoms with Gasteiger partial charge in [0.05, 0.1) is 11.3 Å². The second-order valence-corrected chi connectivity index (χ2v) is 3.80. The van der Waals surface area contributed by atoms with E-state index in [2.05, 4.69) is 16.1 Å². The van der Waals surface area contributed by atoms with Crippen molar-refractivity contribution in [2.24, 2.45) is 0 Å². The van der Waals surface area contributed by atoms with Gasteiger partial charge in [0.15, 0.2) is 0 Å². The minimum absolute atomic E-state index is 0.416. The molecular weight excluding hydrogens is 234 g/mol. The van der Waals surface area contributed by atoms with Gasteiger partial charge in [-0.25, -0.2) is 4.79 Å². The van der Waals surface area contributed by atoms with Crippen LogP contribution in [0, 0.1) is 0 Å². The smallest absolute Gasteiger partial charge is 0.336 e. The molecule has 0 aromatic heterocycles. The van der Waals surface area contributed by atoms with Crippen molar-refractivity contribution in [3.05, 3.63) is 29.3 Å². The molecule has 1 N–H and O–H groups in total. The number of anilines is 1. The summed E-state index contributed by atoms with van der Waals surface area (Å²) < 4.78 is 1.90. The van der Waals surface area contributed by atoms with Crippen molar-refractivity contribution in [2.75, 3.05) is 10.5 Å². The number of carboxylic acid groups (broad SMARTS) is 1. The SMILES string of the molecule is O=C(O)c1cccc2c1CCN2Br. The van der Waals surface area contributed by atoms with E-state index >= 15 is 0 Å². The van der Waals surface area contributed by atoms with Crippen LogP contribution < -0.4 is 3.93 Å². The highest BCUT2D eigenvalue weighted by Crippen LogP contribution is 2.32. The van der Waals surface area contributed by atoms with E-state index in [0.29, 0.717) is 5.56 Å². The lowest BCUT2D eigenvalue weighted by atomic mass is 10.1. The number of fused-ring (bicyclic) bond motifs is 1. The third-order valence-corrected chi connectivity index (χ3v) is 2.94. The summed E-state index contributed by atoms with van der Waals surface area (Å²) in [5.41, 5.74) is 2.31. The van der Waals surface area contributed by atoms with Gasteiger partial charge in [-0.15, -0.1) is 0 Å². The van der Waals surface area contributed by atoms with Gasteiger partial charge in [-0.3, -0.25) is 0 Å². The van der Waals surface area contributed by atoms with E-state index in [-0.39, 0.29) is 0 Å². The van der Waals surface area contributed by atoms with Crippen LogP contribution in [0.5, 0.6) is 0 Å². The van der Waals surface area contributed by atoms with E-state index < -0.39 is 5.97 Å². The lowest BCUT2D eigenvalue weighted by molar-refractivity contribution is 0.0696. The van der Waals surface area contributed by atoms with Crippen LogP contribution in [0.2, 0.25) is 0 Å². The Bertz CT molecular complexity index is 365. The Morgan fingerprint density at radius 2 is 2.31 bits per heavy atom. The second-order valence-electron chi connectivity index (χ2n) is 2.94. The van der Waals surface area contributed by atoms with Crippen LogP contribution in [0.1, 0.15) is 15.9 Å². The Labute approximate surface area is 84.3 Å². The molecule has 4 heteroatoms. The molecule has 0 saturated heterocycles. The third-order valence-electron chi connectivity index (χ3n) is 2.20. The second kappa shape index (κ2) is 3.03. The molecule has 0 radical (unpaired) electrons. The van der Waals surface area contributed by atoms with Gasteiger partial charge in [-0.1, -0.05) is 6.07 Å². The number of aromatic carboxylic acids is 1. The molecule has 3 nitrogen and oxygen atoms in total. The van der Waals surface area contributed by atoms with Gasteiger partial charge in [0.2, 0.25) is 0 Å². The number of rotatable bonds is 1. The van der Waals surface area contributed by atoms with Gasteiger partial charge in [0, 0.05) is 22.7 Å². The molecule has 1 heterocycles. The van der Waals surface area contributed by atoms with E-state index in [1.54, 1.807) is 12.1 Å². The highest BCUT2D eigenvalue weighted by molar-refractivity contribution is 9.10. The summed E-state index contributed by atoms with van der Waals surface area (Å²) >= 11 is 3.36. The van der Waals surface area contributed by atoms with Gasteiger partial charge in [-0.2, -0.15) is 0 Å². The first-order valence-corrected chi connectivity index (χ1v) is 4.69. The van der Waals surface area contributed by atoms with Crippen molar-refractivity contribution in [1.82, 2.24) is 0 Å². The number of carboxylic acids is 1. The standard InChI is InChI=1S/C9H8BrNO2/c10-11-5-4-6-7(9(12)13)2-1-3-8(6)11/h1-3H,4-5H2,(H,12,13). The first kappa shape index (κ1) is 8.56. The molecule has 2 rings (SSSR count).